The first-order valence-corrected chi connectivity index (χ1v) is 6.50. The van der Waals surface area contributed by atoms with Crippen LogP contribution >= 0.6 is 11.3 Å². The fraction of sp³-hybridized carbons (Fsp3) is 0.333. The van der Waals surface area contributed by atoms with Crippen LogP contribution in [0.5, 0.6) is 0 Å². The summed E-state index contributed by atoms with van der Waals surface area (Å²) < 4.78 is 25.9. The molecule has 0 atom stereocenters. The molecule has 2 aromatic rings. The topological polar surface area (TPSA) is 37.8 Å². The summed E-state index contributed by atoms with van der Waals surface area (Å²) in [7, 11) is 0. The number of nitrogens with one attached hydrogen (secondary N) is 1. The van der Waals surface area contributed by atoms with Crippen LogP contribution in [0.2, 0.25) is 0 Å². The van der Waals surface area contributed by atoms with Crippen molar-refractivity contribution in [2.24, 2.45) is 0 Å². The van der Waals surface area contributed by atoms with E-state index >= 15 is 0 Å². The zero-order valence-electron chi connectivity index (χ0n) is 9.91. The van der Waals surface area contributed by atoms with Crippen molar-refractivity contribution in [3.05, 3.63) is 40.4 Å². The first-order valence-electron chi connectivity index (χ1n) is 5.68. The van der Waals surface area contributed by atoms with Gasteiger partial charge in [0.1, 0.15) is 16.6 Å². The SMILES string of the molecule is CCCc1nnc(NCc2cc(F)cc(F)c2)s1. The number of hydrogen-bond donors (Lipinski definition) is 1. The van der Waals surface area contributed by atoms with Gasteiger partial charge < -0.3 is 5.32 Å². The van der Waals surface area contributed by atoms with Crippen molar-refractivity contribution in [3.63, 3.8) is 0 Å². The van der Waals surface area contributed by atoms with E-state index in [1.807, 2.05) is 0 Å². The van der Waals surface area contributed by atoms with Crippen molar-refractivity contribution in [2.75, 3.05) is 5.32 Å². The lowest BCUT2D eigenvalue weighted by atomic mass is 10.2. The van der Waals surface area contributed by atoms with Crippen LogP contribution in [-0.2, 0) is 13.0 Å². The molecule has 2 rings (SSSR count). The third kappa shape index (κ3) is 3.46. The van der Waals surface area contributed by atoms with E-state index in [4.69, 9.17) is 0 Å². The van der Waals surface area contributed by atoms with E-state index in [9.17, 15) is 8.78 Å². The van der Waals surface area contributed by atoms with E-state index < -0.39 is 11.6 Å². The highest BCUT2D eigenvalue weighted by molar-refractivity contribution is 7.15. The Balaban J connectivity index is 1.97. The normalized spacial score (nSPS) is 10.6. The van der Waals surface area contributed by atoms with E-state index in [-0.39, 0.29) is 0 Å². The maximum absolute atomic E-state index is 13.0. The van der Waals surface area contributed by atoms with Crippen molar-refractivity contribution in [1.29, 1.82) is 0 Å². The summed E-state index contributed by atoms with van der Waals surface area (Å²) in [4.78, 5) is 0. The Morgan fingerprint density at radius 2 is 1.89 bits per heavy atom. The second-order valence-electron chi connectivity index (χ2n) is 3.88. The van der Waals surface area contributed by atoms with Crippen molar-refractivity contribution in [2.45, 2.75) is 26.3 Å². The molecule has 0 fully saturated rings. The number of benzene rings is 1. The van der Waals surface area contributed by atoms with Crippen LogP contribution < -0.4 is 5.32 Å². The molecule has 1 aromatic carbocycles. The molecule has 0 unspecified atom stereocenters. The molecule has 0 aliphatic heterocycles. The van der Waals surface area contributed by atoms with E-state index in [0.717, 1.165) is 23.9 Å². The van der Waals surface area contributed by atoms with Gasteiger partial charge in [-0.1, -0.05) is 18.3 Å². The van der Waals surface area contributed by atoms with Gasteiger partial charge in [0.25, 0.3) is 0 Å². The summed E-state index contributed by atoms with van der Waals surface area (Å²) >= 11 is 1.46. The van der Waals surface area contributed by atoms with Crippen LogP contribution in [0.15, 0.2) is 18.2 Å². The van der Waals surface area contributed by atoms with Crippen LogP contribution in [0.1, 0.15) is 23.9 Å². The number of hydrogen-bond acceptors (Lipinski definition) is 4. The van der Waals surface area contributed by atoms with Gasteiger partial charge in [0.15, 0.2) is 0 Å². The molecule has 3 nitrogen and oxygen atoms in total. The Morgan fingerprint density at radius 1 is 1.17 bits per heavy atom. The van der Waals surface area contributed by atoms with Gasteiger partial charge in [-0.15, -0.1) is 10.2 Å². The van der Waals surface area contributed by atoms with Gasteiger partial charge in [-0.3, -0.25) is 0 Å². The van der Waals surface area contributed by atoms with Gasteiger partial charge in [-0.05, 0) is 24.1 Å². The number of nitrogens with zero attached hydrogens (tertiary/aromatic N) is 2. The van der Waals surface area contributed by atoms with Gasteiger partial charge in [-0.2, -0.15) is 0 Å². The summed E-state index contributed by atoms with van der Waals surface area (Å²) in [5, 5.41) is 12.6. The first kappa shape index (κ1) is 12.9. The maximum atomic E-state index is 13.0. The average molecular weight is 269 g/mol. The molecule has 96 valence electrons. The van der Waals surface area contributed by atoms with Crippen LogP contribution in [-0.4, -0.2) is 10.2 Å². The predicted molar refractivity (Wildman–Crippen MR) is 67.6 cm³/mol. The largest absolute Gasteiger partial charge is 0.356 e. The number of aryl methyl sites for hydroxylation is 1. The lowest BCUT2D eigenvalue weighted by Gasteiger charge is -2.02. The van der Waals surface area contributed by atoms with Crippen molar-refractivity contribution in [1.82, 2.24) is 10.2 Å². The quantitative estimate of drug-likeness (QED) is 0.904. The summed E-state index contributed by atoms with van der Waals surface area (Å²) in [5.41, 5.74) is 0.541. The number of anilines is 1. The van der Waals surface area contributed by atoms with Gasteiger partial charge in [0.05, 0.1) is 0 Å². The highest BCUT2D eigenvalue weighted by atomic mass is 32.1. The molecular weight excluding hydrogens is 256 g/mol. The standard InChI is InChI=1S/C12H13F2N3S/c1-2-3-11-16-17-12(18-11)15-7-8-4-9(13)6-10(14)5-8/h4-6H,2-3,7H2,1H3,(H,15,17). The van der Waals surface area contributed by atoms with Crippen molar-refractivity contribution in [3.8, 4) is 0 Å². The molecule has 6 heteroatoms. The zero-order chi connectivity index (χ0) is 13.0. The van der Waals surface area contributed by atoms with Crippen LogP contribution in [0.3, 0.4) is 0 Å². The monoisotopic (exact) mass is 269 g/mol. The van der Waals surface area contributed by atoms with Crippen LogP contribution in [0, 0.1) is 11.6 Å². The van der Waals surface area contributed by atoms with Crippen molar-refractivity contribution >= 4 is 16.5 Å². The minimum atomic E-state index is -0.573. The molecule has 1 N–H and O–H groups in total. The summed E-state index contributed by atoms with van der Waals surface area (Å²) in [6, 6.07) is 3.45. The smallest absolute Gasteiger partial charge is 0.205 e. The average Bonchev–Trinajstić information content (AvgIpc) is 2.74. The maximum Gasteiger partial charge on any atom is 0.205 e. The Kier molecular flexibility index (Phi) is 4.19. The first-order chi connectivity index (χ1) is 8.67. The molecular formula is C12H13F2N3S. The molecule has 0 spiro atoms. The molecule has 0 saturated carbocycles. The Bertz CT molecular complexity index is 508. The predicted octanol–water partition coefficient (Wildman–Crippen LogP) is 3.38. The van der Waals surface area contributed by atoms with E-state index in [0.29, 0.717) is 17.2 Å². The fourth-order valence-corrected chi connectivity index (χ4v) is 2.37. The molecule has 0 bridgehead atoms. The van der Waals surface area contributed by atoms with Gasteiger partial charge >= 0.3 is 0 Å². The summed E-state index contributed by atoms with van der Waals surface area (Å²) in [6.07, 6.45) is 1.91. The molecule has 1 aromatic heterocycles. The van der Waals surface area contributed by atoms with Crippen LogP contribution in [0.25, 0.3) is 0 Å². The van der Waals surface area contributed by atoms with E-state index in [1.165, 1.54) is 23.5 Å². The summed E-state index contributed by atoms with van der Waals surface area (Å²) in [6.45, 7) is 2.40. The second-order valence-corrected chi connectivity index (χ2v) is 4.94. The lowest BCUT2D eigenvalue weighted by Crippen LogP contribution is -2.00. The second kappa shape index (κ2) is 5.86. The third-order valence-electron chi connectivity index (χ3n) is 2.30. The van der Waals surface area contributed by atoms with Crippen molar-refractivity contribution < 1.29 is 8.78 Å². The number of halogens is 2. The van der Waals surface area contributed by atoms with E-state index in [2.05, 4.69) is 22.4 Å². The lowest BCUT2D eigenvalue weighted by molar-refractivity contribution is 0.580. The molecule has 0 saturated heterocycles. The molecule has 0 aliphatic carbocycles. The Morgan fingerprint density at radius 3 is 2.56 bits per heavy atom. The Labute approximate surface area is 108 Å². The molecule has 0 aliphatic rings. The minimum absolute atomic E-state index is 0.329. The number of rotatable bonds is 5. The van der Waals surface area contributed by atoms with E-state index in [1.54, 1.807) is 0 Å². The minimum Gasteiger partial charge on any atom is -0.356 e. The van der Waals surface area contributed by atoms with Gasteiger partial charge in [0, 0.05) is 19.0 Å². The Hall–Kier alpha value is -1.56. The third-order valence-corrected chi connectivity index (χ3v) is 3.24. The number of aromatic nitrogens is 2. The van der Waals surface area contributed by atoms with Gasteiger partial charge in [-0.25, -0.2) is 8.78 Å². The molecule has 0 amide bonds. The fourth-order valence-electron chi connectivity index (χ4n) is 1.53. The highest BCUT2D eigenvalue weighted by Crippen LogP contribution is 2.17. The molecule has 0 radical (unpaired) electrons. The molecule has 18 heavy (non-hydrogen) atoms. The summed E-state index contributed by atoms with van der Waals surface area (Å²) in [5.74, 6) is -1.15. The van der Waals surface area contributed by atoms with Gasteiger partial charge in [0.2, 0.25) is 5.13 Å². The molecule has 1 heterocycles. The highest BCUT2D eigenvalue weighted by Gasteiger charge is 2.04. The van der Waals surface area contributed by atoms with Crippen LogP contribution in [0.4, 0.5) is 13.9 Å². The zero-order valence-corrected chi connectivity index (χ0v) is 10.7.